The van der Waals surface area contributed by atoms with Crippen molar-refractivity contribution in [1.82, 2.24) is 9.97 Å². The molecular weight excluding hydrogens is 278 g/mol. The Kier molecular flexibility index (Phi) is 6.80. The SMILES string of the molecule is CSCCCCCCCCc1nc(N)c2ccccc2n1. The molecule has 0 aliphatic carbocycles. The standard InChI is InChI=1S/C17H25N3S/c1-21-13-9-5-3-2-4-6-12-16-19-15-11-8-7-10-14(15)17(18)20-16/h7-8,10-11H,2-6,9,12-13H2,1H3,(H2,18,19,20). The predicted molar refractivity (Wildman–Crippen MR) is 93.7 cm³/mol. The fourth-order valence-electron chi connectivity index (χ4n) is 2.50. The van der Waals surface area contributed by atoms with Crippen molar-refractivity contribution in [2.24, 2.45) is 0 Å². The number of thioether (sulfide) groups is 1. The van der Waals surface area contributed by atoms with Crippen LogP contribution in [0.25, 0.3) is 10.9 Å². The van der Waals surface area contributed by atoms with Gasteiger partial charge in [0.2, 0.25) is 0 Å². The zero-order chi connectivity index (χ0) is 14.9. The second-order valence-electron chi connectivity index (χ2n) is 5.41. The van der Waals surface area contributed by atoms with E-state index in [4.69, 9.17) is 5.73 Å². The van der Waals surface area contributed by atoms with E-state index in [1.807, 2.05) is 36.0 Å². The smallest absolute Gasteiger partial charge is 0.135 e. The highest BCUT2D eigenvalue weighted by Crippen LogP contribution is 2.18. The fourth-order valence-corrected chi connectivity index (χ4v) is 2.99. The van der Waals surface area contributed by atoms with E-state index in [1.165, 1.54) is 37.9 Å². The van der Waals surface area contributed by atoms with Crippen molar-refractivity contribution in [2.45, 2.75) is 44.9 Å². The summed E-state index contributed by atoms with van der Waals surface area (Å²) in [5.74, 6) is 2.78. The molecule has 0 spiro atoms. The highest BCUT2D eigenvalue weighted by atomic mass is 32.2. The molecule has 0 aliphatic heterocycles. The van der Waals surface area contributed by atoms with E-state index in [0.717, 1.165) is 29.6 Å². The molecule has 3 nitrogen and oxygen atoms in total. The number of rotatable bonds is 9. The number of aromatic nitrogens is 2. The summed E-state index contributed by atoms with van der Waals surface area (Å²) in [6, 6.07) is 7.94. The van der Waals surface area contributed by atoms with Crippen molar-refractivity contribution < 1.29 is 0 Å². The van der Waals surface area contributed by atoms with Crippen LogP contribution in [0.3, 0.4) is 0 Å². The van der Waals surface area contributed by atoms with Gasteiger partial charge in [0.1, 0.15) is 11.6 Å². The molecule has 4 heteroatoms. The number of benzene rings is 1. The van der Waals surface area contributed by atoms with E-state index in [-0.39, 0.29) is 0 Å². The van der Waals surface area contributed by atoms with Crippen molar-refractivity contribution >= 4 is 28.5 Å². The fraction of sp³-hybridized carbons (Fsp3) is 0.529. The van der Waals surface area contributed by atoms with Crippen LogP contribution in [0, 0.1) is 0 Å². The molecule has 114 valence electrons. The van der Waals surface area contributed by atoms with Gasteiger partial charge in [-0.2, -0.15) is 11.8 Å². The van der Waals surface area contributed by atoms with Gasteiger partial charge in [-0.05, 0) is 37.0 Å². The minimum Gasteiger partial charge on any atom is -0.383 e. The van der Waals surface area contributed by atoms with Gasteiger partial charge in [0.05, 0.1) is 5.52 Å². The van der Waals surface area contributed by atoms with E-state index in [2.05, 4.69) is 16.2 Å². The summed E-state index contributed by atoms with van der Waals surface area (Å²) in [5.41, 5.74) is 6.96. The maximum Gasteiger partial charge on any atom is 0.135 e. The van der Waals surface area contributed by atoms with Crippen LogP contribution in [0.5, 0.6) is 0 Å². The maximum atomic E-state index is 6.00. The first-order chi connectivity index (χ1) is 10.3. The van der Waals surface area contributed by atoms with Crippen LogP contribution in [0.1, 0.15) is 44.3 Å². The first kappa shape index (κ1) is 16.1. The van der Waals surface area contributed by atoms with Crippen LogP contribution >= 0.6 is 11.8 Å². The van der Waals surface area contributed by atoms with Crippen molar-refractivity contribution in [3.05, 3.63) is 30.1 Å². The average Bonchev–Trinajstić information content (AvgIpc) is 2.50. The van der Waals surface area contributed by atoms with E-state index >= 15 is 0 Å². The Morgan fingerprint density at radius 3 is 2.48 bits per heavy atom. The van der Waals surface area contributed by atoms with Gasteiger partial charge >= 0.3 is 0 Å². The lowest BCUT2D eigenvalue weighted by Crippen LogP contribution is -2.01. The molecule has 0 saturated carbocycles. The Bertz CT molecular complexity index is 557. The van der Waals surface area contributed by atoms with Gasteiger partial charge in [0, 0.05) is 11.8 Å². The lowest BCUT2D eigenvalue weighted by molar-refractivity contribution is 0.603. The van der Waals surface area contributed by atoms with Crippen LogP contribution in [-0.2, 0) is 6.42 Å². The molecule has 0 saturated heterocycles. The molecule has 1 heterocycles. The van der Waals surface area contributed by atoms with E-state index in [0.29, 0.717) is 5.82 Å². The largest absolute Gasteiger partial charge is 0.383 e. The van der Waals surface area contributed by atoms with E-state index < -0.39 is 0 Å². The molecule has 2 N–H and O–H groups in total. The molecule has 0 bridgehead atoms. The van der Waals surface area contributed by atoms with Gasteiger partial charge in [-0.25, -0.2) is 9.97 Å². The van der Waals surface area contributed by atoms with Gasteiger partial charge in [0.15, 0.2) is 0 Å². The predicted octanol–water partition coefficient (Wildman–Crippen LogP) is 4.46. The maximum absolute atomic E-state index is 6.00. The highest BCUT2D eigenvalue weighted by Gasteiger charge is 2.04. The lowest BCUT2D eigenvalue weighted by atomic mass is 10.1. The number of unbranched alkanes of at least 4 members (excludes halogenated alkanes) is 5. The summed E-state index contributed by atoms with van der Waals surface area (Å²) in [7, 11) is 0. The number of nitrogens with two attached hydrogens (primary N) is 1. The number of nitrogen functional groups attached to an aromatic ring is 1. The summed E-state index contributed by atoms with van der Waals surface area (Å²) < 4.78 is 0. The van der Waals surface area contributed by atoms with Gasteiger partial charge in [-0.3, -0.25) is 0 Å². The molecule has 0 aliphatic rings. The molecule has 1 aromatic heterocycles. The van der Waals surface area contributed by atoms with Crippen molar-refractivity contribution in [2.75, 3.05) is 17.7 Å². The zero-order valence-electron chi connectivity index (χ0n) is 12.8. The first-order valence-corrected chi connectivity index (χ1v) is 9.20. The molecule has 2 rings (SSSR count). The van der Waals surface area contributed by atoms with Crippen molar-refractivity contribution in [3.63, 3.8) is 0 Å². The molecule has 2 aromatic rings. The van der Waals surface area contributed by atoms with Crippen LogP contribution in [0.2, 0.25) is 0 Å². The summed E-state index contributed by atoms with van der Waals surface area (Å²) in [5, 5.41) is 0.954. The Balaban J connectivity index is 1.74. The number of aryl methyl sites for hydroxylation is 1. The molecule has 21 heavy (non-hydrogen) atoms. The Morgan fingerprint density at radius 1 is 0.952 bits per heavy atom. The topological polar surface area (TPSA) is 51.8 Å². The molecule has 0 atom stereocenters. The summed E-state index contributed by atoms with van der Waals surface area (Å²) in [6.07, 6.45) is 10.9. The van der Waals surface area contributed by atoms with Gasteiger partial charge in [0.25, 0.3) is 0 Å². The third-order valence-electron chi connectivity index (χ3n) is 3.68. The van der Waals surface area contributed by atoms with Crippen LogP contribution < -0.4 is 5.73 Å². The first-order valence-electron chi connectivity index (χ1n) is 7.81. The second-order valence-corrected chi connectivity index (χ2v) is 6.39. The lowest BCUT2D eigenvalue weighted by Gasteiger charge is -2.05. The Morgan fingerprint density at radius 2 is 1.67 bits per heavy atom. The number of anilines is 1. The van der Waals surface area contributed by atoms with E-state index in [1.54, 1.807) is 0 Å². The summed E-state index contributed by atoms with van der Waals surface area (Å²) in [4.78, 5) is 9.02. The van der Waals surface area contributed by atoms with Crippen LogP contribution in [0.15, 0.2) is 24.3 Å². The molecule has 0 fully saturated rings. The molecule has 0 radical (unpaired) electrons. The normalized spacial score (nSPS) is 11.1. The number of para-hydroxylation sites is 1. The third-order valence-corrected chi connectivity index (χ3v) is 4.37. The van der Waals surface area contributed by atoms with Crippen LogP contribution in [-0.4, -0.2) is 22.0 Å². The van der Waals surface area contributed by atoms with Crippen LogP contribution in [0.4, 0.5) is 5.82 Å². The Hall–Kier alpha value is -1.29. The Labute approximate surface area is 131 Å². The van der Waals surface area contributed by atoms with E-state index in [9.17, 15) is 0 Å². The third kappa shape index (κ3) is 5.20. The van der Waals surface area contributed by atoms with Gasteiger partial charge in [-0.15, -0.1) is 0 Å². The minimum absolute atomic E-state index is 0.604. The quantitative estimate of drug-likeness (QED) is 0.695. The number of hydrogen-bond acceptors (Lipinski definition) is 4. The van der Waals surface area contributed by atoms with Gasteiger partial charge in [-0.1, -0.05) is 37.8 Å². The monoisotopic (exact) mass is 303 g/mol. The van der Waals surface area contributed by atoms with Gasteiger partial charge < -0.3 is 5.73 Å². The number of nitrogens with zero attached hydrogens (tertiary/aromatic N) is 2. The minimum atomic E-state index is 0.604. The molecule has 1 aromatic carbocycles. The zero-order valence-corrected chi connectivity index (χ0v) is 13.7. The van der Waals surface area contributed by atoms with Crippen molar-refractivity contribution in [3.8, 4) is 0 Å². The molecule has 0 unspecified atom stereocenters. The molecular formula is C17H25N3S. The number of hydrogen-bond donors (Lipinski definition) is 1. The summed E-state index contributed by atoms with van der Waals surface area (Å²) >= 11 is 1.94. The molecule has 0 amide bonds. The average molecular weight is 303 g/mol. The van der Waals surface area contributed by atoms with Crippen molar-refractivity contribution in [1.29, 1.82) is 0 Å². The second kappa shape index (κ2) is 8.88. The number of fused-ring (bicyclic) bond motifs is 1. The highest BCUT2D eigenvalue weighted by molar-refractivity contribution is 7.98. The summed E-state index contributed by atoms with van der Waals surface area (Å²) in [6.45, 7) is 0.